The van der Waals surface area contributed by atoms with Gasteiger partial charge in [-0.05, 0) is 30.9 Å². The van der Waals surface area contributed by atoms with Crippen LogP contribution in [-0.4, -0.2) is 11.9 Å². The van der Waals surface area contributed by atoms with E-state index in [9.17, 15) is 4.79 Å². The van der Waals surface area contributed by atoms with Crippen LogP contribution in [0, 0.1) is 5.92 Å². The average Bonchev–Trinajstić information content (AvgIpc) is 3.00. The number of amides is 1. The Kier molecular flexibility index (Phi) is 3.22. The van der Waals surface area contributed by atoms with Crippen LogP contribution in [0.1, 0.15) is 36.5 Å². The molecule has 2 atom stereocenters. The Balaban J connectivity index is 2.07. The minimum Gasteiger partial charge on any atom is -0.396 e. The molecule has 0 saturated heterocycles. The van der Waals surface area contributed by atoms with Crippen LogP contribution < -0.4 is 16.8 Å². The molecule has 4 nitrogen and oxygen atoms in total. The molecule has 1 aromatic carbocycles. The number of rotatable bonds is 5. The van der Waals surface area contributed by atoms with Gasteiger partial charge in [0.25, 0.3) is 5.91 Å². The Morgan fingerprint density at radius 2 is 2.29 bits per heavy atom. The Bertz CT molecular complexity index is 431. The summed E-state index contributed by atoms with van der Waals surface area (Å²) in [6.45, 7) is 2.19. The number of nitrogen functional groups attached to an aromatic ring is 1. The molecule has 2 rings (SSSR count). The summed E-state index contributed by atoms with van der Waals surface area (Å²) in [6, 6.07) is 5.85. The molecule has 1 aromatic rings. The Morgan fingerprint density at radius 3 is 2.94 bits per heavy atom. The third-order valence-corrected chi connectivity index (χ3v) is 3.29. The van der Waals surface area contributed by atoms with Crippen LogP contribution >= 0.6 is 0 Å². The van der Waals surface area contributed by atoms with Crippen molar-refractivity contribution in [1.82, 2.24) is 0 Å². The molecule has 2 unspecified atom stereocenters. The molecular formula is C13H19N3O. The van der Waals surface area contributed by atoms with Crippen LogP contribution in [0.5, 0.6) is 0 Å². The van der Waals surface area contributed by atoms with Gasteiger partial charge in [0.15, 0.2) is 0 Å². The first-order chi connectivity index (χ1) is 8.13. The quantitative estimate of drug-likeness (QED) is 0.680. The lowest BCUT2D eigenvalue weighted by molar-refractivity contribution is 0.100. The smallest absolute Gasteiger partial charge is 0.250 e. The summed E-state index contributed by atoms with van der Waals surface area (Å²) in [7, 11) is 0. The first-order valence-corrected chi connectivity index (χ1v) is 6.08. The zero-order chi connectivity index (χ0) is 12.4. The highest BCUT2D eigenvalue weighted by molar-refractivity contribution is 6.00. The van der Waals surface area contributed by atoms with Gasteiger partial charge in [0, 0.05) is 6.04 Å². The normalized spacial score (nSPS) is 22.2. The van der Waals surface area contributed by atoms with E-state index >= 15 is 0 Å². The zero-order valence-electron chi connectivity index (χ0n) is 10.1. The van der Waals surface area contributed by atoms with Crippen molar-refractivity contribution in [2.75, 3.05) is 11.1 Å². The molecule has 1 amide bonds. The van der Waals surface area contributed by atoms with Gasteiger partial charge in [-0.3, -0.25) is 4.79 Å². The van der Waals surface area contributed by atoms with Crippen LogP contribution in [0.4, 0.5) is 11.4 Å². The van der Waals surface area contributed by atoms with Crippen molar-refractivity contribution < 1.29 is 4.79 Å². The number of hydrogen-bond acceptors (Lipinski definition) is 3. The van der Waals surface area contributed by atoms with Crippen molar-refractivity contribution in [3.63, 3.8) is 0 Å². The Labute approximate surface area is 101 Å². The molecule has 0 spiro atoms. The lowest BCUT2D eigenvalue weighted by Gasteiger charge is -2.11. The number of carbonyl (C=O) groups excluding carboxylic acids is 1. The molecule has 1 saturated carbocycles. The van der Waals surface area contributed by atoms with Crippen molar-refractivity contribution in [3.05, 3.63) is 23.8 Å². The van der Waals surface area contributed by atoms with Gasteiger partial charge in [-0.25, -0.2) is 0 Å². The van der Waals surface area contributed by atoms with Crippen molar-refractivity contribution in [1.29, 1.82) is 0 Å². The van der Waals surface area contributed by atoms with E-state index in [1.807, 2.05) is 6.07 Å². The second-order valence-corrected chi connectivity index (χ2v) is 4.67. The molecule has 0 bridgehead atoms. The molecule has 5 N–H and O–H groups in total. The van der Waals surface area contributed by atoms with Crippen LogP contribution in [0.25, 0.3) is 0 Å². The van der Waals surface area contributed by atoms with Gasteiger partial charge < -0.3 is 16.8 Å². The molecule has 1 aliphatic rings. The van der Waals surface area contributed by atoms with Gasteiger partial charge in [-0.15, -0.1) is 0 Å². The van der Waals surface area contributed by atoms with Gasteiger partial charge in [0.2, 0.25) is 0 Å². The van der Waals surface area contributed by atoms with Crippen molar-refractivity contribution in [2.45, 2.75) is 32.2 Å². The largest absolute Gasteiger partial charge is 0.396 e. The molecule has 4 heteroatoms. The molecule has 0 radical (unpaired) electrons. The fourth-order valence-electron chi connectivity index (χ4n) is 2.22. The van der Waals surface area contributed by atoms with Crippen molar-refractivity contribution in [3.8, 4) is 0 Å². The molecule has 0 aromatic heterocycles. The third kappa shape index (κ3) is 2.52. The predicted octanol–water partition coefficient (Wildman–Crippen LogP) is 1.97. The van der Waals surface area contributed by atoms with Crippen LogP contribution in [0.3, 0.4) is 0 Å². The number of primary amides is 1. The number of para-hydroxylation sites is 1. The van der Waals surface area contributed by atoms with Gasteiger partial charge in [-0.2, -0.15) is 0 Å². The van der Waals surface area contributed by atoms with E-state index in [1.165, 1.54) is 19.3 Å². The summed E-state index contributed by atoms with van der Waals surface area (Å²) in [5.41, 5.74) is 12.9. The molecule has 0 aliphatic heterocycles. The third-order valence-electron chi connectivity index (χ3n) is 3.29. The fourth-order valence-corrected chi connectivity index (χ4v) is 2.22. The SMILES string of the molecule is CCCC1CC1Nc1cccc(C(N)=O)c1N. The van der Waals surface area contributed by atoms with E-state index in [2.05, 4.69) is 12.2 Å². The zero-order valence-corrected chi connectivity index (χ0v) is 10.1. The van der Waals surface area contributed by atoms with E-state index in [0.717, 1.165) is 11.6 Å². The van der Waals surface area contributed by atoms with E-state index in [1.54, 1.807) is 12.1 Å². The van der Waals surface area contributed by atoms with Gasteiger partial charge in [0.05, 0.1) is 16.9 Å². The summed E-state index contributed by atoms with van der Waals surface area (Å²) in [6.07, 6.45) is 3.64. The number of anilines is 2. The fraction of sp³-hybridized carbons (Fsp3) is 0.462. The summed E-state index contributed by atoms with van der Waals surface area (Å²) in [4.78, 5) is 11.2. The predicted molar refractivity (Wildman–Crippen MR) is 69.8 cm³/mol. The maximum Gasteiger partial charge on any atom is 0.250 e. The topological polar surface area (TPSA) is 81.1 Å². The van der Waals surface area contributed by atoms with E-state index in [4.69, 9.17) is 11.5 Å². The van der Waals surface area contributed by atoms with E-state index in [0.29, 0.717) is 17.3 Å². The second kappa shape index (κ2) is 4.65. The number of nitrogens with one attached hydrogen (secondary N) is 1. The Hall–Kier alpha value is -1.71. The first-order valence-electron chi connectivity index (χ1n) is 6.08. The number of carbonyl (C=O) groups is 1. The highest BCUT2D eigenvalue weighted by atomic mass is 16.1. The molecule has 1 fully saturated rings. The van der Waals surface area contributed by atoms with Crippen LogP contribution in [-0.2, 0) is 0 Å². The first kappa shape index (κ1) is 11.8. The standard InChI is InChI=1S/C13H19N3O/c1-2-4-8-7-11(8)16-10-6-3-5-9(12(10)14)13(15)17/h3,5-6,8,11,16H,2,4,7,14H2,1H3,(H2,15,17). The summed E-state index contributed by atoms with van der Waals surface area (Å²) in [5.74, 6) is 0.267. The maximum atomic E-state index is 11.2. The van der Waals surface area contributed by atoms with E-state index in [-0.39, 0.29) is 0 Å². The summed E-state index contributed by atoms with van der Waals surface area (Å²) < 4.78 is 0. The van der Waals surface area contributed by atoms with Crippen LogP contribution in [0.2, 0.25) is 0 Å². The lowest BCUT2D eigenvalue weighted by atomic mass is 10.1. The summed E-state index contributed by atoms with van der Waals surface area (Å²) >= 11 is 0. The van der Waals surface area contributed by atoms with Gasteiger partial charge in [-0.1, -0.05) is 19.4 Å². The van der Waals surface area contributed by atoms with Crippen molar-refractivity contribution in [2.24, 2.45) is 11.7 Å². The van der Waals surface area contributed by atoms with Gasteiger partial charge in [0.1, 0.15) is 0 Å². The number of hydrogen-bond donors (Lipinski definition) is 3. The summed E-state index contributed by atoms with van der Waals surface area (Å²) in [5, 5.41) is 3.38. The molecule has 92 valence electrons. The molecule has 0 heterocycles. The molecular weight excluding hydrogens is 214 g/mol. The second-order valence-electron chi connectivity index (χ2n) is 4.67. The van der Waals surface area contributed by atoms with Gasteiger partial charge >= 0.3 is 0 Å². The lowest BCUT2D eigenvalue weighted by Crippen LogP contribution is -2.15. The Morgan fingerprint density at radius 1 is 1.53 bits per heavy atom. The number of nitrogens with two attached hydrogens (primary N) is 2. The number of benzene rings is 1. The highest BCUT2D eigenvalue weighted by Gasteiger charge is 2.36. The molecule has 1 aliphatic carbocycles. The molecule has 17 heavy (non-hydrogen) atoms. The maximum absolute atomic E-state index is 11.2. The highest BCUT2D eigenvalue weighted by Crippen LogP contribution is 2.38. The monoisotopic (exact) mass is 233 g/mol. The minimum absolute atomic E-state index is 0.391. The average molecular weight is 233 g/mol. The van der Waals surface area contributed by atoms with Crippen molar-refractivity contribution >= 4 is 17.3 Å². The minimum atomic E-state index is -0.480. The van der Waals surface area contributed by atoms with Crippen LogP contribution in [0.15, 0.2) is 18.2 Å². The van der Waals surface area contributed by atoms with E-state index < -0.39 is 5.91 Å².